The summed E-state index contributed by atoms with van der Waals surface area (Å²) in [6.07, 6.45) is 3.86. The van der Waals surface area contributed by atoms with E-state index < -0.39 is 0 Å². The van der Waals surface area contributed by atoms with E-state index in [1.54, 1.807) is 20.3 Å². The lowest BCUT2D eigenvalue weighted by atomic mass is 10.1. The number of nitrogens with zero attached hydrogens (tertiary/aromatic N) is 1. The molecule has 2 aliphatic rings. The van der Waals surface area contributed by atoms with Gasteiger partial charge < -0.3 is 14.8 Å². The second kappa shape index (κ2) is 5.93. The Labute approximate surface area is 131 Å². The molecule has 3 rings (SSSR count). The van der Waals surface area contributed by atoms with Crippen LogP contribution in [0.2, 0.25) is 5.02 Å². The Kier molecular flexibility index (Phi) is 4.18. The Morgan fingerprint density at radius 3 is 2.48 bits per heavy atom. The van der Waals surface area contributed by atoms with Gasteiger partial charge in [-0.1, -0.05) is 11.6 Å². The molecule has 1 aliphatic heterocycles. The predicted molar refractivity (Wildman–Crippen MR) is 85.8 cm³/mol. The van der Waals surface area contributed by atoms with Gasteiger partial charge in [-0.25, -0.2) is 0 Å². The molecular formula is C16H23ClN2O2. The van der Waals surface area contributed by atoms with Gasteiger partial charge in [0.1, 0.15) is 0 Å². The van der Waals surface area contributed by atoms with Crippen molar-refractivity contribution in [1.82, 2.24) is 4.90 Å². The Bertz CT molecular complexity index is 519. The molecule has 0 spiro atoms. The van der Waals surface area contributed by atoms with Gasteiger partial charge in [0.15, 0.2) is 11.5 Å². The molecule has 1 saturated carbocycles. The first-order valence-corrected chi connectivity index (χ1v) is 7.94. The number of nitrogens with one attached hydrogen (secondary N) is 1. The summed E-state index contributed by atoms with van der Waals surface area (Å²) in [4.78, 5) is 2.62. The molecule has 116 valence electrons. The summed E-state index contributed by atoms with van der Waals surface area (Å²) in [6.45, 7) is 3.41. The number of methoxy groups -OCH3 is 2. The lowest BCUT2D eigenvalue weighted by Gasteiger charge is -2.20. The molecular weight excluding hydrogens is 288 g/mol. The molecule has 2 unspecified atom stereocenters. The smallest absolute Gasteiger partial charge is 0.162 e. The van der Waals surface area contributed by atoms with E-state index in [1.807, 2.05) is 6.07 Å². The lowest BCUT2D eigenvalue weighted by molar-refractivity contribution is 0.257. The van der Waals surface area contributed by atoms with Crippen LogP contribution in [0.5, 0.6) is 11.5 Å². The summed E-state index contributed by atoms with van der Waals surface area (Å²) >= 11 is 6.35. The molecule has 0 bridgehead atoms. The SMILES string of the molecule is COc1cc(Cl)c(NC2CC(C)N(C3CC3)C2)cc1OC. The topological polar surface area (TPSA) is 33.7 Å². The van der Waals surface area contributed by atoms with Gasteiger partial charge in [0, 0.05) is 36.8 Å². The normalized spacial score (nSPS) is 25.9. The zero-order valence-corrected chi connectivity index (χ0v) is 13.6. The maximum Gasteiger partial charge on any atom is 0.162 e. The molecule has 1 aliphatic carbocycles. The molecule has 2 fully saturated rings. The maximum absolute atomic E-state index is 6.35. The highest BCUT2D eigenvalue weighted by molar-refractivity contribution is 6.33. The zero-order valence-electron chi connectivity index (χ0n) is 12.9. The Morgan fingerprint density at radius 1 is 1.19 bits per heavy atom. The first-order valence-electron chi connectivity index (χ1n) is 7.56. The van der Waals surface area contributed by atoms with E-state index in [2.05, 4.69) is 17.1 Å². The van der Waals surface area contributed by atoms with Crippen molar-refractivity contribution in [2.45, 2.75) is 44.3 Å². The Hall–Kier alpha value is -1.13. The van der Waals surface area contributed by atoms with Crippen LogP contribution in [0.4, 0.5) is 5.69 Å². The molecule has 5 heteroatoms. The number of hydrogen-bond donors (Lipinski definition) is 1. The van der Waals surface area contributed by atoms with Crippen LogP contribution in [0.15, 0.2) is 12.1 Å². The molecule has 4 nitrogen and oxygen atoms in total. The van der Waals surface area contributed by atoms with E-state index in [1.165, 1.54) is 12.8 Å². The fraction of sp³-hybridized carbons (Fsp3) is 0.625. The Balaban J connectivity index is 1.72. The number of anilines is 1. The van der Waals surface area contributed by atoms with E-state index in [9.17, 15) is 0 Å². The summed E-state index contributed by atoms with van der Waals surface area (Å²) in [6, 6.07) is 5.63. The Morgan fingerprint density at radius 2 is 1.86 bits per heavy atom. The van der Waals surface area contributed by atoms with Gasteiger partial charge in [-0.15, -0.1) is 0 Å². The third kappa shape index (κ3) is 3.06. The molecule has 0 radical (unpaired) electrons. The van der Waals surface area contributed by atoms with Crippen molar-refractivity contribution >= 4 is 17.3 Å². The molecule has 1 aromatic rings. The number of hydrogen-bond acceptors (Lipinski definition) is 4. The van der Waals surface area contributed by atoms with Crippen molar-refractivity contribution in [2.24, 2.45) is 0 Å². The standard InChI is InChI=1S/C16H23ClN2O2/c1-10-6-11(9-19(10)12-4-5-12)18-14-8-16(21-3)15(20-2)7-13(14)17/h7-8,10-12,18H,4-6,9H2,1-3H3. The number of ether oxygens (including phenoxy) is 2. The van der Waals surface area contributed by atoms with Gasteiger partial charge in [-0.05, 0) is 26.2 Å². The van der Waals surface area contributed by atoms with Crippen LogP contribution in [0.3, 0.4) is 0 Å². The minimum atomic E-state index is 0.441. The first kappa shape index (κ1) is 14.8. The molecule has 1 N–H and O–H groups in total. The third-order valence-electron chi connectivity index (χ3n) is 4.47. The summed E-state index contributed by atoms with van der Waals surface area (Å²) < 4.78 is 10.6. The highest BCUT2D eigenvalue weighted by atomic mass is 35.5. The minimum Gasteiger partial charge on any atom is -0.493 e. The van der Waals surface area contributed by atoms with Crippen LogP contribution in [-0.2, 0) is 0 Å². The van der Waals surface area contributed by atoms with Crippen molar-refractivity contribution in [3.63, 3.8) is 0 Å². The number of benzene rings is 1. The van der Waals surface area contributed by atoms with E-state index in [4.69, 9.17) is 21.1 Å². The number of halogens is 1. The van der Waals surface area contributed by atoms with Crippen LogP contribution in [0.1, 0.15) is 26.2 Å². The van der Waals surface area contributed by atoms with Gasteiger partial charge in [0.25, 0.3) is 0 Å². The average Bonchev–Trinajstić information content (AvgIpc) is 3.25. The summed E-state index contributed by atoms with van der Waals surface area (Å²) in [7, 11) is 3.26. The van der Waals surface area contributed by atoms with Gasteiger partial charge in [0.05, 0.1) is 24.9 Å². The summed E-state index contributed by atoms with van der Waals surface area (Å²) in [5.74, 6) is 1.36. The van der Waals surface area contributed by atoms with Crippen LogP contribution in [0.25, 0.3) is 0 Å². The van der Waals surface area contributed by atoms with Gasteiger partial charge in [-0.2, -0.15) is 0 Å². The second-order valence-corrected chi connectivity index (χ2v) is 6.45. The number of rotatable bonds is 5. The van der Waals surface area contributed by atoms with Gasteiger partial charge in [-0.3, -0.25) is 4.90 Å². The van der Waals surface area contributed by atoms with Crippen LogP contribution in [0, 0.1) is 0 Å². The quantitative estimate of drug-likeness (QED) is 0.904. The van der Waals surface area contributed by atoms with Gasteiger partial charge >= 0.3 is 0 Å². The van der Waals surface area contributed by atoms with Crippen molar-refractivity contribution in [3.8, 4) is 11.5 Å². The predicted octanol–water partition coefficient (Wildman–Crippen LogP) is 3.39. The molecule has 0 aromatic heterocycles. The minimum absolute atomic E-state index is 0.441. The van der Waals surface area contributed by atoms with Crippen LogP contribution < -0.4 is 14.8 Å². The van der Waals surface area contributed by atoms with Crippen molar-refractivity contribution < 1.29 is 9.47 Å². The molecule has 2 atom stereocenters. The fourth-order valence-corrected chi connectivity index (χ4v) is 3.47. The van der Waals surface area contributed by atoms with Gasteiger partial charge in [0.2, 0.25) is 0 Å². The van der Waals surface area contributed by atoms with E-state index in [0.29, 0.717) is 28.6 Å². The maximum atomic E-state index is 6.35. The van der Waals surface area contributed by atoms with Crippen LogP contribution in [-0.4, -0.2) is 43.8 Å². The van der Waals surface area contributed by atoms with Crippen molar-refractivity contribution in [2.75, 3.05) is 26.1 Å². The van der Waals surface area contributed by atoms with Crippen LogP contribution >= 0.6 is 11.6 Å². The van der Waals surface area contributed by atoms with E-state index >= 15 is 0 Å². The van der Waals surface area contributed by atoms with Crippen molar-refractivity contribution in [3.05, 3.63) is 17.2 Å². The monoisotopic (exact) mass is 310 g/mol. The first-order chi connectivity index (χ1) is 10.1. The zero-order chi connectivity index (χ0) is 15.0. The highest BCUT2D eigenvalue weighted by Gasteiger charge is 2.38. The third-order valence-corrected chi connectivity index (χ3v) is 4.78. The second-order valence-electron chi connectivity index (χ2n) is 6.04. The summed E-state index contributed by atoms with van der Waals surface area (Å²) in [5.41, 5.74) is 0.921. The lowest BCUT2D eigenvalue weighted by Crippen LogP contribution is -2.31. The molecule has 1 heterocycles. The van der Waals surface area contributed by atoms with Crippen molar-refractivity contribution in [1.29, 1.82) is 0 Å². The molecule has 1 saturated heterocycles. The summed E-state index contributed by atoms with van der Waals surface area (Å²) in [5, 5.41) is 4.24. The van der Waals surface area contributed by atoms with E-state index in [-0.39, 0.29) is 0 Å². The van der Waals surface area contributed by atoms with E-state index in [0.717, 1.165) is 24.7 Å². The largest absolute Gasteiger partial charge is 0.493 e. The molecule has 0 amide bonds. The fourth-order valence-electron chi connectivity index (χ4n) is 3.26. The molecule has 1 aromatic carbocycles. The molecule has 21 heavy (non-hydrogen) atoms. The number of likely N-dealkylation sites (tertiary alicyclic amines) is 1. The highest BCUT2D eigenvalue weighted by Crippen LogP contribution is 2.38. The average molecular weight is 311 g/mol.